The highest BCUT2D eigenvalue weighted by atomic mass is 16.5. The van der Waals surface area contributed by atoms with Crippen molar-refractivity contribution in [2.75, 3.05) is 19.7 Å². The van der Waals surface area contributed by atoms with Gasteiger partial charge in [0.2, 0.25) is 0 Å². The minimum absolute atomic E-state index is 0.408. The highest BCUT2D eigenvalue weighted by Crippen LogP contribution is 2.11. The Balaban J connectivity index is 1.57. The molecule has 1 unspecified atom stereocenters. The number of rotatable bonds is 5. The van der Waals surface area contributed by atoms with Crippen LogP contribution in [0.4, 0.5) is 0 Å². The largest absolute Gasteiger partial charge is 0.377 e. The molecule has 0 bridgehead atoms. The van der Waals surface area contributed by atoms with Crippen molar-refractivity contribution in [3.8, 4) is 0 Å². The summed E-state index contributed by atoms with van der Waals surface area (Å²) in [5.41, 5.74) is 0. The topological polar surface area (TPSA) is 52.0 Å². The molecule has 0 aliphatic carbocycles. The van der Waals surface area contributed by atoms with Crippen LogP contribution >= 0.6 is 0 Å². The number of nitrogens with zero attached hydrogens (tertiary/aromatic N) is 3. The zero-order valence-electron chi connectivity index (χ0n) is 9.85. The first-order valence-corrected chi connectivity index (χ1v) is 6.01. The second-order valence-electron chi connectivity index (χ2n) is 4.28. The van der Waals surface area contributed by atoms with Crippen LogP contribution in [0.2, 0.25) is 0 Å². The van der Waals surface area contributed by atoms with Crippen molar-refractivity contribution in [1.82, 2.24) is 20.1 Å². The fourth-order valence-electron chi connectivity index (χ4n) is 1.93. The predicted octanol–water partition coefficient (Wildman–Crippen LogP) is 0.516. The molecular weight excluding hydrogens is 204 g/mol. The standard InChI is InChI=1S/C11H20N4O/c1-15-9-13-11(14-15)5-6-12-8-10-4-2-3-7-16-10/h9-10,12H,2-8H2,1H3. The second kappa shape index (κ2) is 5.96. The Kier molecular flexibility index (Phi) is 4.30. The van der Waals surface area contributed by atoms with Gasteiger partial charge in [0, 0.05) is 33.2 Å². The summed E-state index contributed by atoms with van der Waals surface area (Å²) >= 11 is 0. The molecule has 1 aromatic rings. The Hall–Kier alpha value is -0.940. The SMILES string of the molecule is Cn1cnc(CCNCC2CCCCO2)n1. The van der Waals surface area contributed by atoms with Gasteiger partial charge in [0.05, 0.1) is 6.10 Å². The predicted molar refractivity (Wildman–Crippen MR) is 61.2 cm³/mol. The van der Waals surface area contributed by atoms with E-state index in [1.165, 1.54) is 19.3 Å². The molecule has 1 saturated heterocycles. The molecule has 5 heteroatoms. The molecule has 1 fully saturated rings. The van der Waals surface area contributed by atoms with Crippen molar-refractivity contribution in [2.24, 2.45) is 7.05 Å². The molecular formula is C11H20N4O. The minimum atomic E-state index is 0.408. The molecule has 90 valence electrons. The van der Waals surface area contributed by atoms with Gasteiger partial charge in [-0.2, -0.15) is 5.10 Å². The Morgan fingerprint density at radius 2 is 2.50 bits per heavy atom. The lowest BCUT2D eigenvalue weighted by Gasteiger charge is -2.22. The lowest BCUT2D eigenvalue weighted by molar-refractivity contribution is 0.0171. The number of nitrogens with one attached hydrogen (secondary N) is 1. The van der Waals surface area contributed by atoms with Gasteiger partial charge in [0.15, 0.2) is 5.82 Å². The van der Waals surface area contributed by atoms with E-state index in [1.807, 2.05) is 7.05 Å². The quantitative estimate of drug-likeness (QED) is 0.741. The van der Waals surface area contributed by atoms with E-state index in [0.29, 0.717) is 6.10 Å². The fraction of sp³-hybridized carbons (Fsp3) is 0.818. The van der Waals surface area contributed by atoms with Gasteiger partial charge in [0.25, 0.3) is 0 Å². The number of hydrogen-bond acceptors (Lipinski definition) is 4. The summed E-state index contributed by atoms with van der Waals surface area (Å²) < 4.78 is 7.37. The van der Waals surface area contributed by atoms with Gasteiger partial charge >= 0.3 is 0 Å². The lowest BCUT2D eigenvalue weighted by Crippen LogP contribution is -2.32. The van der Waals surface area contributed by atoms with Crippen molar-refractivity contribution in [1.29, 1.82) is 0 Å². The average Bonchev–Trinajstić information content (AvgIpc) is 2.72. The Morgan fingerprint density at radius 1 is 1.56 bits per heavy atom. The maximum atomic E-state index is 5.64. The highest BCUT2D eigenvalue weighted by molar-refractivity contribution is 4.82. The average molecular weight is 224 g/mol. The monoisotopic (exact) mass is 224 g/mol. The first-order chi connectivity index (χ1) is 7.84. The summed E-state index contributed by atoms with van der Waals surface area (Å²) in [6.45, 7) is 2.80. The van der Waals surface area contributed by atoms with Crippen LogP contribution in [0.5, 0.6) is 0 Å². The lowest BCUT2D eigenvalue weighted by atomic mass is 10.1. The Bertz CT molecular complexity index is 307. The summed E-state index contributed by atoms with van der Waals surface area (Å²) in [6, 6.07) is 0. The van der Waals surface area contributed by atoms with Crippen molar-refractivity contribution in [2.45, 2.75) is 31.8 Å². The van der Waals surface area contributed by atoms with Gasteiger partial charge in [-0.1, -0.05) is 0 Å². The maximum absolute atomic E-state index is 5.64. The molecule has 1 aliphatic rings. The third-order valence-corrected chi connectivity index (χ3v) is 2.82. The van der Waals surface area contributed by atoms with Gasteiger partial charge in [-0.3, -0.25) is 4.68 Å². The van der Waals surface area contributed by atoms with Crippen molar-refractivity contribution in [3.05, 3.63) is 12.2 Å². The van der Waals surface area contributed by atoms with E-state index in [4.69, 9.17) is 4.74 Å². The van der Waals surface area contributed by atoms with E-state index < -0.39 is 0 Å². The van der Waals surface area contributed by atoms with E-state index in [9.17, 15) is 0 Å². The van der Waals surface area contributed by atoms with Crippen molar-refractivity contribution >= 4 is 0 Å². The van der Waals surface area contributed by atoms with E-state index in [1.54, 1.807) is 11.0 Å². The van der Waals surface area contributed by atoms with Crippen LogP contribution < -0.4 is 5.32 Å². The molecule has 1 aliphatic heterocycles. The molecule has 1 N–H and O–H groups in total. The fourth-order valence-corrected chi connectivity index (χ4v) is 1.93. The Morgan fingerprint density at radius 3 is 3.19 bits per heavy atom. The van der Waals surface area contributed by atoms with Gasteiger partial charge in [-0.15, -0.1) is 0 Å². The number of ether oxygens (including phenoxy) is 1. The van der Waals surface area contributed by atoms with E-state index in [2.05, 4.69) is 15.4 Å². The van der Waals surface area contributed by atoms with E-state index in [0.717, 1.165) is 31.9 Å². The van der Waals surface area contributed by atoms with Crippen LogP contribution in [-0.2, 0) is 18.2 Å². The zero-order valence-corrected chi connectivity index (χ0v) is 9.85. The van der Waals surface area contributed by atoms with Gasteiger partial charge in [-0.25, -0.2) is 4.98 Å². The number of hydrogen-bond donors (Lipinski definition) is 1. The smallest absolute Gasteiger partial charge is 0.151 e. The molecule has 0 spiro atoms. The normalized spacial score (nSPS) is 21.2. The van der Waals surface area contributed by atoms with E-state index >= 15 is 0 Å². The molecule has 0 radical (unpaired) electrons. The molecule has 16 heavy (non-hydrogen) atoms. The Labute approximate surface area is 96.2 Å². The summed E-state index contributed by atoms with van der Waals surface area (Å²) in [7, 11) is 1.89. The molecule has 1 atom stereocenters. The van der Waals surface area contributed by atoms with Gasteiger partial charge in [-0.05, 0) is 19.3 Å². The summed E-state index contributed by atoms with van der Waals surface area (Å²) in [6.07, 6.45) is 6.73. The van der Waals surface area contributed by atoms with Crippen LogP contribution in [-0.4, -0.2) is 40.6 Å². The molecule has 0 amide bonds. The first-order valence-electron chi connectivity index (χ1n) is 6.01. The van der Waals surface area contributed by atoms with Crippen LogP contribution in [0.1, 0.15) is 25.1 Å². The summed E-state index contributed by atoms with van der Waals surface area (Å²) in [5, 5.41) is 7.63. The van der Waals surface area contributed by atoms with Gasteiger partial charge in [0.1, 0.15) is 6.33 Å². The molecule has 5 nitrogen and oxygen atoms in total. The van der Waals surface area contributed by atoms with Crippen LogP contribution in [0, 0.1) is 0 Å². The number of aromatic nitrogens is 3. The summed E-state index contributed by atoms with van der Waals surface area (Å²) in [5.74, 6) is 0.902. The van der Waals surface area contributed by atoms with Crippen LogP contribution in [0.15, 0.2) is 6.33 Å². The highest BCUT2D eigenvalue weighted by Gasteiger charge is 2.12. The zero-order chi connectivity index (χ0) is 11.2. The maximum Gasteiger partial charge on any atom is 0.151 e. The minimum Gasteiger partial charge on any atom is -0.377 e. The number of aryl methyl sites for hydroxylation is 1. The van der Waals surface area contributed by atoms with Gasteiger partial charge < -0.3 is 10.1 Å². The third-order valence-electron chi connectivity index (χ3n) is 2.82. The van der Waals surface area contributed by atoms with Crippen LogP contribution in [0.25, 0.3) is 0 Å². The summed E-state index contributed by atoms with van der Waals surface area (Å²) in [4.78, 5) is 4.18. The molecule has 1 aromatic heterocycles. The van der Waals surface area contributed by atoms with Crippen LogP contribution in [0.3, 0.4) is 0 Å². The first kappa shape index (κ1) is 11.5. The molecule has 2 heterocycles. The van der Waals surface area contributed by atoms with Crippen molar-refractivity contribution < 1.29 is 4.74 Å². The molecule has 2 rings (SSSR count). The van der Waals surface area contributed by atoms with Crippen molar-refractivity contribution in [3.63, 3.8) is 0 Å². The molecule has 0 saturated carbocycles. The second-order valence-corrected chi connectivity index (χ2v) is 4.28. The molecule has 0 aromatic carbocycles. The third kappa shape index (κ3) is 3.57. The van der Waals surface area contributed by atoms with E-state index in [-0.39, 0.29) is 0 Å².